The Morgan fingerprint density at radius 2 is 1.87 bits per heavy atom. The van der Waals surface area contributed by atoms with E-state index in [4.69, 9.17) is 44.9 Å². The van der Waals surface area contributed by atoms with Crippen molar-refractivity contribution in [3.05, 3.63) is 67.0 Å². The number of thioether (sulfide) groups is 1. The molecule has 0 N–H and O–H groups in total. The van der Waals surface area contributed by atoms with Crippen LogP contribution in [0.1, 0.15) is 5.56 Å². The van der Waals surface area contributed by atoms with Crippen molar-refractivity contribution in [1.82, 2.24) is 4.90 Å². The van der Waals surface area contributed by atoms with Gasteiger partial charge in [0.15, 0.2) is 0 Å². The third-order valence-corrected chi connectivity index (χ3v) is 6.00. The van der Waals surface area contributed by atoms with Gasteiger partial charge in [0.1, 0.15) is 29.0 Å². The first-order chi connectivity index (χ1) is 14.3. The number of nitro groups is 1. The van der Waals surface area contributed by atoms with E-state index in [2.05, 4.69) is 0 Å². The van der Waals surface area contributed by atoms with Crippen LogP contribution in [0.15, 0.2) is 41.3 Å². The van der Waals surface area contributed by atoms with Gasteiger partial charge in [0.25, 0.3) is 11.6 Å². The maximum Gasteiger partial charge on any atom is 0.270 e. The van der Waals surface area contributed by atoms with Gasteiger partial charge in [-0.05, 0) is 24.3 Å². The fraction of sp³-hybridized carbons (Fsp3) is 0.158. The van der Waals surface area contributed by atoms with Crippen molar-refractivity contribution in [1.29, 1.82) is 0 Å². The predicted molar refractivity (Wildman–Crippen MR) is 121 cm³/mol. The van der Waals surface area contributed by atoms with E-state index in [1.807, 2.05) is 0 Å². The summed E-state index contributed by atoms with van der Waals surface area (Å²) in [5.74, 6) is 0.507. The average Bonchev–Trinajstić information content (AvgIpc) is 2.95. The first kappa shape index (κ1) is 22.4. The number of rotatable bonds is 7. The minimum absolute atomic E-state index is 0.123. The third-order valence-electron chi connectivity index (χ3n) is 3.97. The fourth-order valence-corrected chi connectivity index (χ4v) is 3.98. The molecule has 1 fully saturated rings. The summed E-state index contributed by atoms with van der Waals surface area (Å²) in [4.78, 5) is 24.6. The van der Waals surface area contributed by atoms with E-state index in [0.29, 0.717) is 36.3 Å². The van der Waals surface area contributed by atoms with Gasteiger partial charge in [-0.1, -0.05) is 47.2 Å². The molecule has 30 heavy (non-hydrogen) atoms. The fourth-order valence-electron chi connectivity index (χ4n) is 2.47. The largest absolute Gasteiger partial charge is 0.489 e. The number of ether oxygens (including phenoxy) is 2. The molecular formula is C19H14Cl2N2O5S2. The molecule has 0 radical (unpaired) electrons. The minimum Gasteiger partial charge on any atom is -0.489 e. The van der Waals surface area contributed by atoms with Crippen LogP contribution in [0.5, 0.6) is 11.5 Å². The van der Waals surface area contributed by atoms with E-state index in [-0.39, 0.29) is 24.8 Å². The number of amides is 1. The zero-order valence-electron chi connectivity index (χ0n) is 15.5. The molecule has 1 saturated heterocycles. The zero-order valence-corrected chi connectivity index (χ0v) is 18.6. The molecule has 0 aromatic heterocycles. The molecule has 7 nitrogen and oxygen atoms in total. The van der Waals surface area contributed by atoms with Gasteiger partial charge >= 0.3 is 0 Å². The van der Waals surface area contributed by atoms with Crippen molar-refractivity contribution in [3.63, 3.8) is 0 Å². The Morgan fingerprint density at radius 1 is 1.17 bits per heavy atom. The topological polar surface area (TPSA) is 81.9 Å². The Morgan fingerprint density at radius 3 is 2.50 bits per heavy atom. The van der Waals surface area contributed by atoms with Crippen molar-refractivity contribution in [2.75, 3.05) is 20.3 Å². The van der Waals surface area contributed by atoms with Crippen LogP contribution in [0.4, 0.5) is 5.69 Å². The van der Waals surface area contributed by atoms with Gasteiger partial charge < -0.3 is 9.47 Å². The summed E-state index contributed by atoms with van der Waals surface area (Å²) in [6.45, 7) is 0.295. The maximum absolute atomic E-state index is 12.3. The molecule has 0 bridgehead atoms. The summed E-state index contributed by atoms with van der Waals surface area (Å²) < 4.78 is 11.7. The first-order valence-corrected chi connectivity index (χ1v) is 10.4. The van der Waals surface area contributed by atoms with Crippen LogP contribution in [-0.4, -0.2) is 40.3 Å². The summed E-state index contributed by atoms with van der Waals surface area (Å²) in [5, 5.41) is 12.0. The predicted octanol–water partition coefficient (Wildman–Crippen LogP) is 5.19. The molecule has 0 unspecified atom stereocenters. The third kappa shape index (κ3) is 5.23. The lowest BCUT2D eigenvalue weighted by molar-refractivity contribution is -0.384. The van der Waals surface area contributed by atoms with Crippen molar-refractivity contribution < 1.29 is 19.2 Å². The number of carbonyl (C=O) groups is 1. The molecule has 3 rings (SSSR count). The van der Waals surface area contributed by atoms with Crippen LogP contribution in [-0.2, 0) is 4.79 Å². The standard InChI is InChI=1S/C19H14Cl2N2O5S2/c1-22-18(24)17(30-19(22)29)9-11-8-13(23(25)26)3-5-15(11)27-6-7-28-16-10-12(20)2-4-14(16)21/h2-5,8-10H,6-7H2,1H3/b17-9-. The first-order valence-electron chi connectivity index (χ1n) is 8.47. The smallest absolute Gasteiger partial charge is 0.270 e. The molecule has 1 aliphatic heterocycles. The quantitative estimate of drug-likeness (QED) is 0.176. The van der Waals surface area contributed by atoms with E-state index in [1.165, 1.54) is 29.2 Å². The number of halogens is 2. The van der Waals surface area contributed by atoms with Crippen LogP contribution >= 0.6 is 47.2 Å². The average molecular weight is 485 g/mol. The van der Waals surface area contributed by atoms with E-state index < -0.39 is 4.92 Å². The number of benzene rings is 2. The summed E-state index contributed by atoms with van der Waals surface area (Å²) in [7, 11) is 1.57. The Kier molecular flexibility index (Phi) is 7.19. The maximum atomic E-state index is 12.3. The molecule has 2 aromatic carbocycles. The Labute approximate surface area is 191 Å². The molecule has 1 heterocycles. The molecule has 0 spiro atoms. The van der Waals surface area contributed by atoms with Gasteiger partial charge in [0, 0.05) is 35.8 Å². The van der Waals surface area contributed by atoms with Gasteiger partial charge in [0.2, 0.25) is 0 Å². The number of thiocarbonyl (C=S) groups is 1. The van der Waals surface area contributed by atoms with E-state index in [0.717, 1.165) is 11.8 Å². The summed E-state index contributed by atoms with van der Waals surface area (Å²) in [6.07, 6.45) is 1.53. The van der Waals surface area contributed by atoms with Crippen molar-refractivity contribution in [2.24, 2.45) is 0 Å². The Hall–Kier alpha value is -2.33. The van der Waals surface area contributed by atoms with Crippen LogP contribution in [0.25, 0.3) is 6.08 Å². The molecule has 156 valence electrons. The van der Waals surface area contributed by atoms with Crippen molar-refractivity contribution in [3.8, 4) is 11.5 Å². The monoisotopic (exact) mass is 484 g/mol. The molecule has 0 atom stereocenters. The Bertz CT molecular complexity index is 1060. The normalized spacial score (nSPS) is 15.0. The number of carbonyl (C=O) groups excluding carboxylic acids is 1. The summed E-state index contributed by atoms with van der Waals surface area (Å²) in [5.41, 5.74) is 0.265. The number of hydrogen-bond acceptors (Lipinski definition) is 7. The lowest BCUT2D eigenvalue weighted by Crippen LogP contribution is -2.22. The lowest BCUT2D eigenvalue weighted by atomic mass is 10.1. The van der Waals surface area contributed by atoms with E-state index >= 15 is 0 Å². The molecular weight excluding hydrogens is 471 g/mol. The molecule has 0 saturated carbocycles. The minimum atomic E-state index is -0.517. The van der Waals surface area contributed by atoms with Crippen LogP contribution in [0, 0.1) is 10.1 Å². The second-order valence-electron chi connectivity index (χ2n) is 5.99. The molecule has 11 heteroatoms. The summed E-state index contributed by atoms with van der Waals surface area (Å²) >= 11 is 18.2. The molecule has 2 aromatic rings. The molecule has 0 aliphatic carbocycles. The van der Waals surface area contributed by atoms with Crippen molar-refractivity contribution in [2.45, 2.75) is 0 Å². The lowest BCUT2D eigenvalue weighted by Gasteiger charge is -2.12. The van der Waals surface area contributed by atoms with E-state index in [9.17, 15) is 14.9 Å². The highest BCUT2D eigenvalue weighted by Gasteiger charge is 2.29. The van der Waals surface area contributed by atoms with Crippen LogP contribution in [0.2, 0.25) is 10.0 Å². The second kappa shape index (κ2) is 9.65. The van der Waals surface area contributed by atoms with Gasteiger partial charge in [-0.25, -0.2) is 0 Å². The number of hydrogen-bond donors (Lipinski definition) is 0. The van der Waals surface area contributed by atoms with Crippen molar-refractivity contribution >= 4 is 69.2 Å². The van der Waals surface area contributed by atoms with Crippen LogP contribution < -0.4 is 9.47 Å². The zero-order chi connectivity index (χ0) is 21.8. The highest BCUT2D eigenvalue weighted by molar-refractivity contribution is 8.26. The second-order valence-corrected chi connectivity index (χ2v) is 8.51. The van der Waals surface area contributed by atoms with Gasteiger partial charge in [0.05, 0.1) is 14.9 Å². The van der Waals surface area contributed by atoms with Gasteiger partial charge in [-0.15, -0.1) is 0 Å². The van der Waals surface area contributed by atoms with Gasteiger partial charge in [-0.2, -0.15) is 0 Å². The molecule has 1 aliphatic rings. The number of likely N-dealkylation sites (N-methyl/N-ethyl adjacent to an activating group) is 1. The number of nitrogens with zero attached hydrogens (tertiary/aromatic N) is 2. The van der Waals surface area contributed by atoms with E-state index in [1.54, 1.807) is 25.2 Å². The molecule has 1 amide bonds. The summed E-state index contributed by atoms with van der Waals surface area (Å²) in [6, 6.07) is 9.00. The number of non-ortho nitro benzene ring substituents is 1. The SMILES string of the molecule is CN1C(=O)/C(=C/c2cc([N+](=O)[O-])ccc2OCCOc2cc(Cl)ccc2Cl)SC1=S. The number of nitro benzene ring substituents is 1. The van der Waals surface area contributed by atoms with Gasteiger partial charge in [-0.3, -0.25) is 19.8 Å². The Balaban J connectivity index is 1.76. The highest BCUT2D eigenvalue weighted by atomic mass is 35.5. The highest BCUT2D eigenvalue weighted by Crippen LogP contribution is 2.34. The van der Waals surface area contributed by atoms with Crippen LogP contribution in [0.3, 0.4) is 0 Å².